The lowest BCUT2D eigenvalue weighted by Gasteiger charge is -2.37. The monoisotopic (exact) mass is 330 g/mol. The average molecular weight is 331 g/mol. The molecule has 0 bridgehead atoms. The molecule has 1 aliphatic heterocycles. The highest BCUT2D eigenvalue weighted by Gasteiger charge is 2.24. The van der Waals surface area contributed by atoms with Gasteiger partial charge in [-0.1, -0.05) is 0 Å². The Labute approximate surface area is 120 Å². The first-order chi connectivity index (χ1) is 9.02. The van der Waals surface area contributed by atoms with Crippen LogP contribution in [0.4, 0.5) is 5.69 Å². The van der Waals surface area contributed by atoms with Crippen molar-refractivity contribution in [1.82, 2.24) is 15.1 Å². The second-order valence-corrected chi connectivity index (χ2v) is 5.76. The normalized spacial score (nSPS) is 23.7. The van der Waals surface area contributed by atoms with Crippen molar-refractivity contribution in [3.8, 4) is 0 Å². The van der Waals surface area contributed by atoms with Gasteiger partial charge in [-0.25, -0.2) is 4.68 Å². The molecule has 1 aromatic heterocycles. The Morgan fingerprint density at radius 2 is 2.11 bits per heavy atom. The van der Waals surface area contributed by atoms with E-state index in [9.17, 15) is 4.79 Å². The van der Waals surface area contributed by atoms with E-state index in [2.05, 4.69) is 45.1 Å². The number of nitrogens with one attached hydrogen (secondary N) is 1. The fraction of sp³-hybridized carbons (Fsp3) is 0.667. The van der Waals surface area contributed by atoms with E-state index >= 15 is 0 Å². The summed E-state index contributed by atoms with van der Waals surface area (Å²) in [5.41, 5.74) is 0.616. The Bertz CT molecular complexity index is 495. The van der Waals surface area contributed by atoms with E-state index in [0.29, 0.717) is 16.6 Å². The molecule has 6 nitrogen and oxygen atoms in total. The average Bonchev–Trinajstić information content (AvgIpc) is 2.34. The van der Waals surface area contributed by atoms with E-state index in [-0.39, 0.29) is 18.7 Å². The molecule has 1 fully saturated rings. The zero-order valence-corrected chi connectivity index (χ0v) is 12.7. The molecule has 2 rings (SSSR count). The molecule has 0 radical (unpaired) electrons. The first kappa shape index (κ1) is 14.5. The SMILES string of the molecule is CC1CN(c2cnn(CCO)c(=O)c2Br)CC(C)N1. The standard InChI is InChI=1S/C12H19BrN4O2/c1-8-6-16(7-9(2)15-8)10-5-14-17(3-4-18)12(19)11(10)13/h5,8-9,15,18H,3-4,6-7H2,1-2H3. The van der Waals surface area contributed by atoms with E-state index < -0.39 is 0 Å². The third kappa shape index (κ3) is 3.16. The van der Waals surface area contributed by atoms with Crippen molar-refractivity contribution >= 4 is 21.6 Å². The van der Waals surface area contributed by atoms with Crippen LogP contribution in [0.5, 0.6) is 0 Å². The largest absolute Gasteiger partial charge is 0.394 e. The maximum Gasteiger partial charge on any atom is 0.283 e. The van der Waals surface area contributed by atoms with Crippen LogP contribution in [-0.4, -0.2) is 46.7 Å². The molecular weight excluding hydrogens is 312 g/mol. The van der Waals surface area contributed by atoms with Gasteiger partial charge in [0.15, 0.2) is 0 Å². The number of nitrogens with zero attached hydrogens (tertiary/aromatic N) is 3. The van der Waals surface area contributed by atoms with Gasteiger partial charge in [0, 0.05) is 25.2 Å². The van der Waals surface area contributed by atoms with Gasteiger partial charge in [-0.3, -0.25) is 4.79 Å². The molecule has 0 saturated carbocycles. The summed E-state index contributed by atoms with van der Waals surface area (Å²) in [5.74, 6) is 0. The molecule has 19 heavy (non-hydrogen) atoms. The number of hydrogen-bond donors (Lipinski definition) is 2. The summed E-state index contributed by atoms with van der Waals surface area (Å²) >= 11 is 3.36. The zero-order valence-electron chi connectivity index (χ0n) is 11.1. The lowest BCUT2D eigenvalue weighted by Crippen LogP contribution is -2.54. The number of aromatic nitrogens is 2. The molecule has 1 aliphatic rings. The van der Waals surface area contributed by atoms with Gasteiger partial charge in [0.25, 0.3) is 5.56 Å². The minimum absolute atomic E-state index is 0.0968. The van der Waals surface area contributed by atoms with Crippen LogP contribution in [0.15, 0.2) is 15.5 Å². The third-order valence-corrected chi connectivity index (χ3v) is 3.92. The van der Waals surface area contributed by atoms with Crippen LogP contribution in [0.25, 0.3) is 0 Å². The van der Waals surface area contributed by atoms with Gasteiger partial charge in [0.05, 0.1) is 25.0 Å². The van der Waals surface area contributed by atoms with Gasteiger partial charge < -0.3 is 15.3 Å². The molecule has 2 atom stereocenters. The lowest BCUT2D eigenvalue weighted by molar-refractivity contribution is 0.266. The predicted molar refractivity (Wildman–Crippen MR) is 77.6 cm³/mol. The highest BCUT2D eigenvalue weighted by Crippen LogP contribution is 2.23. The van der Waals surface area contributed by atoms with Gasteiger partial charge in [-0.15, -0.1) is 0 Å². The van der Waals surface area contributed by atoms with Crippen molar-refractivity contribution in [3.63, 3.8) is 0 Å². The molecule has 2 heterocycles. The molecule has 2 N–H and O–H groups in total. The molecule has 0 aliphatic carbocycles. The smallest absolute Gasteiger partial charge is 0.283 e. The minimum Gasteiger partial charge on any atom is -0.394 e. The van der Waals surface area contributed by atoms with Gasteiger partial charge in [0.1, 0.15) is 4.47 Å². The van der Waals surface area contributed by atoms with Crippen molar-refractivity contribution in [2.75, 3.05) is 24.6 Å². The summed E-state index contributed by atoms with van der Waals surface area (Å²) in [7, 11) is 0. The highest BCUT2D eigenvalue weighted by molar-refractivity contribution is 9.10. The second kappa shape index (κ2) is 6.02. The van der Waals surface area contributed by atoms with Crippen molar-refractivity contribution in [3.05, 3.63) is 21.0 Å². The molecule has 0 spiro atoms. The first-order valence-corrected chi connectivity index (χ1v) is 7.19. The predicted octanol–water partition coefficient (Wildman–Crippen LogP) is 0.185. The fourth-order valence-corrected chi connectivity index (χ4v) is 3.01. The lowest BCUT2D eigenvalue weighted by atomic mass is 10.1. The van der Waals surface area contributed by atoms with Crippen LogP contribution in [-0.2, 0) is 6.54 Å². The number of anilines is 1. The summed E-state index contributed by atoms with van der Waals surface area (Å²) in [6, 6.07) is 0.742. The Morgan fingerprint density at radius 3 is 2.68 bits per heavy atom. The molecule has 2 unspecified atom stereocenters. The highest BCUT2D eigenvalue weighted by atomic mass is 79.9. The Kier molecular flexibility index (Phi) is 4.59. The van der Waals surface area contributed by atoms with Gasteiger partial charge in [-0.05, 0) is 29.8 Å². The number of aliphatic hydroxyl groups excluding tert-OH is 1. The third-order valence-electron chi connectivity index (χ3n) is 3.18. The number of piperazine rings is 1. The van der Waals surface area contributed by atoms with Crippen molar-refractivity contribution in [1.29, 1.82) is 0 Å². The number of rotatable bonds is 3. The topological polar surface area (TPSA) is 70.4 Å². The summed E-state index contributed by atoms with van der Waals surface area (Å²) in [4.78, 5) is 14.2. The molecule has 106 valence electrons. The molecule has 0 amide bonds. The van der Waals surface area contributed by atoms with E-state index in [0.717, 1.165) is 18.8 Å². The Hall–Kier alpha value is -0.920. The molecule has 1 saturated heterocycles. The molecule has 0 aromatic carbocycles. The van der Waals surface area contributed by atoms with Crippen molar-refractivity contribution in [2.24, 2.45) is 0 Å². The van der Waals surface area contributed by atoms with E-state index in [1.54, 1.807) is 6.20 Å². The van der Waals surface area contributed by atoms with Crippen LogP contribution < -0.4 is 15.8 Å². The number of halogens is 1. The quantitative estimate of drug-likeness (QED) is 0.827. The molecular formula is C12H19BrN4O2. The minimum atomic E-state index is -0.203. The molecule has 1 aromatic rings. The van der Waals surface area contributed by atoms with Crippen LogP contribution in [0.3, 0.4) is 0 Å². The van der Waals surface area contributed by atoms with Crippen LogP contribution in [0.1, 0.15) is 13.8 Å². The fourth-order valence-electron chi connectivity index (χ4n) is 2.45. The van der Waals surface area contributed by atoms with Crippen molar-refractivity contribution in [2.45, 2.75) is 32.5 Å². The maximum atomic E-state index is 12.1. The summed E-state index contributed by atoms with van der Waals surface area (Å²) in [6.45, 7) is 6.04. The van der Waals surface area contributed by atoms with Gasteiger partial charge in [0.2, 0.25) is 0 Å². The number of hydrogen-bond acceptors (Lipinski definition) is 5. The van der Waals surface area contributed by atoms with Crippen LogP contribution >= 0.6 is 15.9 Å². The Balaban J connectivity index is 2.30. The number of aliphatic hydroxyl groups is 1. The van der Waals surface area contributed by atoms with E-state index in [1.807, 2.05) is 0 Å². The zero-order chi connectivity index (χ0) is 14.0. The van der Waals surface area contributed by atoms with E-state index in [1.165, 1.54) is 4.68 Å². The Morgan fingerprint density at radius 1 is 1.47 bits per heavy atom. The van der Waals surface area contributed by atoms with Crippen molar-refractivity contribution < 1.29 is 5.11 Å². The molecule has 7 heteroatoms. The van der Waals surface area contributed by atoms with Crippen LogP contribution in [0, 0.1) is 0 Å². The van der Waals surface area contributed by atoms with Crippen LogP contribution in [0.2, 0.25) is 0 Å². The van der Waals surface area contributed by atoms with Gasteiger partial charge in [-0.2, -0.15) is 5.10 Å². The summed E-state index contributed by atoms with van der Waals surface area (Å²) in [6.07, 6.45) is 1.69. The second-order valence-electron chi connectivity index (χ2n) is 4.97. The first-order valence-electron chi connectivity index (χ1n) is 6.40. The van der Waals surface area contributed by atoms with Gasteiger partial charge >= 0.3 is 0 Å². The summed E-state index contributed by atoms with van der Waals surface area (Å²) < 4.78 is 1.78. The maximum absolute atomic E-state index is 12.1. The summed E-state index contributed by atoms with van der Waals surface area (Å²) in [5, 5.41) is 16.4. The van der Waals surface area contributed by atoms with E-state index in [4.69, 9.17) is 5.11 Å².